The molecule has 6 rings (SSSR count). The summed E-state index contributed by atoms with van der Waals surface area (Å²) in [6.45, 7) is 2.87. The summed E-state index contributed by atoms with van der Waals surface area (Å²) in [6, 6.07) is 5.56. The number of hydrogen-bond acceptors (Lipinski definition) is 9. The van der Waals surface area contributed by atoms with Crippen LogP contribution >= 0.6 is 0 Å². The molecule has 4 aliphatic rings. The number of aliphatic hydroxyl groups is 1. The van der Waals surface area contributed by atoms with Gasteiger partial charge in [0.2, 0.25) is 11.8 Å². The quantitative estimate of drug-likeness (QED) is 0.321. The lowest BCUT2D eigenvalue weighted by atomic mass is 9.93. The summed E-state index contributed by atoms with van der Waals surface area (Å²) in [5.74, 6) is -1.18. The van der Waals surface area contributed by atoms with Gasteiger partial charge in [-0.15, -0.1) is 0 Å². The van der Waals surface area contributed by atoms with E-state index in [0.717, 1.165) is 50.5 Å². The third-order valence-electron chi connectivity index (χ3n) is 10.0. The van der Waals surface area contributed by atoms with Crippen molar-refractivity contribution in [3.8, 4) is 5.75 Å². The number of likely N-dealkylation sites (tertiary alicyclic amines) is 1. The van der Waals surface area contributed by atoms with Gasteiger partial charge in [-0.25, -0.2) is 9.78 Å². The zero-order chi connectivity index (χ0) is 34.5. The predicted octanol–water partition coefficient (Wildman–Crippen LogP) is 1.90. The first-order valence-corrected chi connectivity index (χ1v) is 17.5. The number of benzene rings is 1. The molecule has 2 atom stereocenters. The van der Waals surface area contributed by atoms with Gasteiger partial charge >= 0.3 is 6.09 Å². The van der Waals surface area contributed by atoms with E-state index in [2.05, 4.69) is 15.6 Å². The number of amides is 5. The highest BCUT2D eigenvalue weighted by Gasteiger charge is 2.36. The van der Waals surface area contributed by atoms with Gasteiger partial charge in [0.1, 0.15) is 29.6 Å². The second-order valence-electron chi connectivity index (χ2n) is 13.5. The SMILES string of the molecule is Cc1ccc2c(OCC(=O)N3CCC[C@H]3C(=O)NC3CCC3)cc(C(=O)N[C@@H](CCO)C(=O)N3CCN(C(=O)OC4CCC4)CC3)nc2c1. The van der Waals surface area contributed by atoms with Crippen LogP contribution in [0.3, 0.4) is 0 Å². The zero-order valence-corrected chi connectivity index (χ0v) is 28.0. The Kier molecular flexibility index (Phi) is 10.8. The maximum absolute atomic E-state index is 13.6. The molecule has 14 heteroatoms. The Morgan fingerprint density at radius 1 is 0.939 bits per heavy atom. The molecule has 0 radical (unpaired) electrons. The molecule has 3 heterocycles. The molecule has 3 N–H and O–H groups in total. The Morgan fingerprint density at radius 2 is 1.67 bits per heavy atom. The van der Waals surface area contributed by atoms with Gasteiger partial charge < -0.3 is 39.9 Å². The summed E-state index contributed by atoms with van der Waals surface area (Å²) < 4.78 is 11.5. The highest BCUT2D eigenvalue weighted by atomic mass is 16.6. The first-order chi connectivity index (χ1) is 23.7. The lowest BCUT2D eigenvalue weighted by Gasteiger charge is -2.37. The molecule has 5 amide bonds. The van der Waals surface area contributed by atoms with Gasteiger partial charge in [0.25, 0.3) is 11.8 Å². The highest BCUT2D eigenvalue weighted by Crippen LogP contribution is 2.28. The largest absolute Gasteiger partial charge is 0.483 e. The number of aryl methyl sites for hydroxylation is 1. The number of ether oxygens (including phenoxy) is 2. The van der Waals surface area contributed by atoms with E-state index in [1.54, 1.807) is 20.8 Å². The standard InChI is InChI=1S/C35H46N6O8/c1-22-10-11-25-27(19-22)37-28(20-30(25)48-21-31(43)41-13-4-9-29(41)33(45)36-23-5-2-6-23)32(44)38-26(12-18-42)34(46)39-14-16-40(17-15-39)35(47)49-24-7-3-8-24/h10-11,19-20,23-24,26,29,42H,2-9,12-18,21H2,1H3,(H,36,45)(H,38,44)/t26-,29-/m0/s1. The minimum absolute atomic E-state index is 0.00954. The number of aliphatic hydroxyl groups excluding tert-OH is 1. The Balaban J connectivity index is 1.11. The second-order valence-corrected chi connectivity index (χ2v) is 13.5. The van der Waals surface area contributed by atoms with Gasteiger partial charge in [-0.3, -0.25) is 19.2 Å². The number of rotatable bonds is 11. The van der Waals surface area contributed by atoms with Crippen molar-refractivity contribution in [2.45, 2.75) is 88.9 Å². The molecule has 49 heavy (non-hydrogen) atoms. The van der Waals surface area contributed by atoms with E-state index in [4.69, 9.17) is 9.47 Å². The Hall–Kier alpha value is -4.46. The average Bonchev–Trinajstić information content (AvgIpc) is 3.56. The number of nitrogens with one attached hydrogen (secondary N) is 2. The van der Waals surface area contributed by atoms with Crippen molar-refractivity contribution >= 4 is 40.6 Å². The molecule has 1 aromatic carbocycles. The van der Waals surface area contributed by atoms with Crippen LogP contribution in [0, 0.1) is 6.92 Å². The van der Waals surface area contributed by atoms with Crippen LogP contribution in [-0.2, 0) is 19.1 Å². The number of fused-ring (bicyclic) bond motifs is 1. The van der Waals surface area contributed by atoms with Crippen LogP contribution < -0.4 is 15.4 Å². The lowest BCUT2D eigenvalue weighted by Crippen LogP contribution is -2.56. The molecule has 1 aromatic heterocycles. The summed E-state index contributed by atoms with van der Waals surface area (Å²) in [5.41, 5.74) is 1.36. The van der Waals surface area contributed by atoms with E-state index < -0.39 is 18.0 Å². The predicted molar refractivity (Wildman–Crippen MR) is 178 cm³/mol. The third-order valence-corrected chi connectivity index (χ3v) is 10.0. The van der Waals surface area contributed by atoms with Crippen LogP contribution in [-0.4, -0.2) is 125 Å². The van der Waals surface area contributed by atoms with E-state index in [0.29, 0.717) is 37.0 Å². The van der Waals surface area contributed by atoms with Crippen LogP contribution in [0.25, 0.3) is 10.9 Å². The van der Waals surface area contributed by atoms with Gasteiger partial charge in [-0.1, -0.05) is 6.07 Å². The fourth-order valence-electron chi connectivity index (χ4n) is 6.61. The number of pyridine rings is 1. The van der Waals surface area contributed by atoms with Crippen LogP contribution in [0.2, 0.25) is 0 Å². The molecule has 4 fully saturated rings. The van der Waals surface area contributed by atoms with E-state index >= 15 is 0 Å². The monoisotopic (exact) mass is 678 g/mol. The van der Waals surface area contributed by atoms with Crippen molar-refractivity contribution in [1.29, 1.82) is 0 Å². The normalized spacial score (nSPS) is 20.3. The molecular weight excluding hydrogens is 632 g/mol. The molecule has 0 spiro atoms. The Morgan fingerprint density at radius 3 is 2.35 bits per heavy atom. The second kappa shape index (κ2) is 15.4. The maximum atomic E-state index is 13.6. The van der Waals surface area contributed by atoms with Crippen LogP contribution in [0.1, 0.15) is 73.8 Å². The molecule has 2 aliphatic carbocycles. The molecule has 0 unspecified atom stereocenters. The topological polar surface area (TPSA) is 171 Å². The van der Waals surface area contributed by atoms with Gasteiger partial charge in [0.05, 0.1) is 5.52 Å². The third kappa shape index (κ3) is 8.06. The van der Waals surface area contributed by atoms with E-state index in [-0.39, 0.29) is 80.1 Å². The average molecular weight is 679 g/mol. The molecule has 2 aromatic rings. The van der Waals surface area contributed by atoms with E-state index in [1.807, 2.05) is 19.1 Å². The van der Waals surface area contributed by atoms with Crippen LogP contribution in [0.4, 0.5) is 4.79 Å². The first-order valence-electron chi connectivity index (χ1n) is 17.5. The van der Waals surface area contributed by atoms with Crippen molar-refractivity contribution in [3.05, 3.63) is 35.5 Å². The van der Waals surface area contributed by atoms with Crippen LogP contribution in [0.5, 0.6) is 5.75 Å². The van der Waals surface area contributed by atoms with Crippen molar-refractivity contribution in [1.82, 2.24) is 30.3 Å². The minimum atomic E-state index is -1.02. The number of carbonyl (C=O) groups is 5. The number of hydrogen-bond donors (Lipinski definition) is 3. The van der Waals surface area contributed by atoms with E-state index in [1.165, 1.54) is 6.07 Å². The maximum Gasteiger partial charge on any atom is 0.410 e. The van der Waals surface area contributed by atoms with Crippen molar-refractivity contribution < 1.29 is 38.6 Å². The summed E-state index contributed by atoms with van der Waals surface area (Å²) in [5, 5.41) is 16.1. The van der Waals surface area contributed by atoms with Crippen LogP contribution in [0.15, 0.2) is 24.3 Å². The van der Waals surface area contributed by atoms with Crippen molar-refractivity contribution in [2.75, 3.05) is 45.9 Å². The van der Waals surface area contributed by atoms with Gasteiger partial charge in [0.15, 0.2) is 6.61 Å². The molecule has 2 aliphatic heterocycles. The smallest absolute Gasteiger partial charge is 0.410 e. The minimum Gasteiger partial charge on any atom is -0.483 e. The Labute approximate surface area is 285 Å². The molecule has 14 nitrogen and oxygen atoms in total. The number of piperazine rings is 1. The summed E-state index contributed by atoms with van der Waals surface area (Å²) in [7, 11) is 0. The van der Waals surface area contributed by atoms with Crippen molar-refractivity contribution in [3.63, 3.8) is 0 Å². The first kappa shape index (κ1) is 34.4. The van der Waals surface area contributed by atoms with E-state index in [9.17, 15) is 29.1 Å². The molecule has 0 bridgehead atoms. The number of nitrogens with zero attached hydrogens (tertiary/aromatic N) is 4. The van der Waals surface area contributed by atoms with Gasteiger partial charge in [-0.05, 0) is 82.4 Å². The van der Waals surface area contributed by atoms with Crippen molar-refractivity contribution in [2.24, 2.45) is 0 Å². The summed E-state index contributed by atoms with van der Waals surface area (Å²) in [4.78, 5) is 75.0. The molecule has 264 valence electrons. The highest BCUT2D eigenvalue weighted by molar-refractivity contribution is 5.99. The fraction of sp³-hybridized carbons (Fsp3) is 0.600. The number of aromatic nitrogens is 1. The molecular formula is C35H46N6O8. The molecule has 2 saturated carbocycles. The summed E-state index contributed by atoms with van der Waals surface area (Å²) in [6.07, 6.45) is 6.76. The summed E-state index contributed by atoms with van der Waals surface area (Å²) >= 11 is 0. The zero-order valence-electron chi connectivity index (χ0n) is 28.0. The fourth-order valence-corrected chi connectivity index (χ4v) is 6.61. The van der Waals surface area contributed by atoms with Gasteiger partial charge in [-0.2, -0.15) is 0 Å². The lowest BCUT2D eigenvalue weighted by molar-refractivity contribution is -0.140. The Bertz CT molecular complexity index is 1570. The number of carbonyl (C=O) groups excluding carboxylic acids is 5. The van der Waals surface area contributed by atoms with Gasteiger partial charge in [0, 0.05) is 56.8 Å². The molecule has 2 saturated heterocycles.